The minimum Gasteiger partial charge on any atom is -0.349 e. The predicted molar refractivity (Wildman–Crippen MR) is 152 cm³/mol. The Labute approximate surface area is 235 Å². The number of aryl methyl sites for hydroxylation is 1. The van der Waals surface area contributed by atoms with E-state index in [-0.39, 0.29) is 18.4 Å². The van der Waals surface area contributed by atoms with E-state index in [1.54, 1.807) is 30.5 Å². The fraction of sp³-hybridized carbons (Fsp3) is 0.194. The van der Waals surface area contributed by atoms with E-state index >= 15 is 0 Å². The summed E-state index contributed by atoms with van der Waals surface area (Å²) < 4.78 is 30.9. The van der Waals surface area contributed by atoms with Gasteiger partial charge in [-0.15, -0.1) is 0 Å². The zero-order chi connectivity index (χ0) is 28.1. The Morgan fingerprint density at radius 1 is 0.975 bits per heavy atom. The predicted octanol–water partition coefficient (Wildman–Crippen LogP) is 6.52. The monoisotopic (exact) mass is 558 g/mol. The molecule has 40 heavy (non-hydrogen) atoms. The zero-order valence-electron chi connectivity index (χ0n) is 21.8. The highest BCUT2D eigenvalue weighted by molar-refractivity contribution is 7.98. The molecule has 0 bridgehead atoms. The number of pyridine rings is 1. The van der Waals surface area contributed by atoms with Crippen molar-refractivity contribution in [3.05, 3.63) is 119 Å². The van der Waals surface area contributed by atoms with Crippen molar-refractivity contribution in [2.24, 2.45) is 0 Å². The summed E-state index contributed by atoms with van der Waals surface area (Å²) >= 11 is 1.17. The molecule has 3 aromatic carbocycles. The lowest BCUT2D eigenvalue weighted by atomic mass is 9.94. The van der Waals surface area contributed by atoms with Crippen LogP contribution in [-0.4, -0.2) is 23.0 Å². The highest BCUT2D eigenvalue weighted by Crippen LogP contribution is 2.30. The minimum absolute atomic E-state index is 0.0863. The molecule has 4 aromatic rings. The van der Waals surface area contributed by atoms with Gasteiger partial charge in [-0.05, 0) is 91.2 Å². The van der Waals surface area contributed by atoms with E-state index in [9.17, 15) is 18.4 Å². The molecular formula is C31H28F2N4O2S. The van der Waals surface area contributed by atoms with Crippen LogP contribution in [0.15, 0.2) is 90.0 Å². The average Bonchev–Trinajstić information content (AvgIpc) is 3.76. The average molecular weight is 559 g/mol. The number of benzene rings is 3. The summed E-state index contributed by atoms with van der Waals surface area (Å²) in [6, 6.07) is 20.7. The van der Waals surface area contributed by atoms with Gasteiger partial charge < -0.3 is 10.6 Å². The van der Waals surface area contributed by atoms with Gasteiger partial charge in [0.15, 0.2) is 0 Å². The fourth-order valence-electron chi connectivity index (χ4n) is 4.40. The van der Waals surface area contributed by atoms with Crippen molar-refractivity contribution in [2.45, 2.75) is 43.2 Å². The number of rotatable bonds is 9. The lowest BCUT2D eigenvalue weighted by Crippen LogP contribution is -2.36. The van der Waals surface area contributed by atoms with Crippen molar-refractivity contribution in [3.63, 3.8) is 0 Å². The molecule has 3 N–H and O–H groups in total. The number of amides is 3. The van der Waals surface area contributed by atoms with Gasteiger partial charge in [0.2, 0.25) is 0 Å². The van der Waals surface area contributed by atoms with Gasteiger partial charge in [0, 0.05) is 34.3 Å². The quantitative estimate of drug-likeness (QED) is 0.204. The Balaban J connectivity index is 1.44. The number of nitrogens with zero attached hydrogens (tertiary/aromatic N) is 1. The SMILES string of the molecule is Cc1ccccc1SNC(=O)NC(Cc1cc(F)cc(F)c1)c1ncccc1-c1cccc(C(=O)NC2CC2)c1. The minimum atomic E-state index is -0.737. The van der Waals surface area contributed by atoms with E-state index in [0.717, 1.165) is 34.9 Å². The largest absolute Gasteiger partial charge is 0.349 e. The van der Waals surface area contributed by atoms with Crippen LogP contribution >= 0.6 is 11.9 Å². The molecule has 1 heterocycles. The highest BCUT2D eigenvalue weighted by atomic mass is 32.2. The normalized spacial score (nSPS) is 13.4. The molecule has 1 atom stereocenters. The van der Waals surface area contributed by atoms with Gasteiger partial charge in [0.1, 0.15) is 11.6 Å². The molecule has 0 spiro atoms. The fourth-order valence-corrected chi connectivity index (χ4v) is 5.04. The molecule has 204 valence electrons. The van der Waals surface area contributed by atoms with Crippen molar-refractivity contribution < 1.29 is 18.4 Å². The van der Waals surface area contributed by atoms with Gasteiger partial charge in [-0.1, -0.05) is 36.4 Å². The maximum Gasteiger partial charge on any atom is 0.325 e. The van der Waals surface area contributed by atoms with E-state index in [0.29, 0.717) is 22.4 Å². The van der Waals surface area contributed by atoms with Crippen LogP contribution in [0.2, 0.25) is 0 Å². The third-order valence-electron chi connectivity index (χ3n) is 6.53. The maximum absolute atomic E-state index is 14.1. The number of hydrogen-bond donors (Lipinski definition) is 3. The third kappa shape index (κ3) is 7.04. The van der Waals surface area contributed by atoms with Crippen LogP contribution in [0.25, 0.3) is 11.1 Å². The van der Waals surface area contributed by atoms with Gasteiger partial charge in [-0.25, -0.2) is 13.6 Å². The lowest BCUT2D eigenvalue weighted by molar-refractivity contribution is 0.0951. The Bertz CT molecular complexity index is 1520. The third-order valence-corrected chi connectivity index (χ3v) is 7.50. The van der Waals surface area contributed by atoms with E-state index in [4.69, 9.17) is 0 Å². The van der Waals surface area contributed by atoms with Crippen LogP contribution in [0.1, 0.15) is 46.1 Å². The van der Waals surface area contributed by atoms with Gasteiger partial charge in [0.25, 0.3) is 5.91 Å². The number of aromatic nitrogens is 1. The number of halogens is 2. The number of carbonyl (C=O) groups excluding carboxylic acids is 2. The Kier molecular flexibility index (Phi) is 8.40. The van der Waals surface area contributed by atoms with Crippen LogP contribution in [0.4, 0.5) is 13.6 Å². The van der Waals surface area contributed by atoms with Crippen molar-refractivity contribution in [3.8, 4) is 11.1 Å². The standard InChI is InChI=1S/C31H28F2N4O2S/c1-19-6-2-3-10-28(19)40-37-31(39)36-27(16-20-14-23(32)18-24(33)15-20)29-26(9-5-13-34-29)21-7-4-8-22(17-21)30(38)35-25-11-12-25/h2-10,13-15,17-18,25,27H,11-12,16H2,1H3,(H,35,38)(H2,36,37,39). The molecule has 1 saturated carbocycles. The van der Waals surface area contributed by atoms with Crippen LogP contribution < -0.4 is 15.4 Å². The Morgan fingerprint density at radius 2 is 1.75 bits per heavy atom. The van der Waals surface area contributed by atoms with E-state index in [2.05, 4.69) is 20.3 Å². The van der Waals surface area contributed by atoms with Crippen molar-refractivity contribution in [2.75, 3.05) is 0 Å². The van der Waals surface area contributed by atoms with E-state index in [1.165, 1.54) is 24.1 Å². The van der Waals surface area contributed by atoms with Gasteiger partial charge >= 0.3 is 6.03 Å². The molecule has 6 nitrogen and oxygen atoms in total. The second kappa shape index (κ2) is 12.3. The molecule has 0 radical (unpaired) electrons. The van der Waals surface area contributed by atoms with Crippen LogP contribution in [-0.2, 0) is 6.42 Å². The zero-order valence-corrected chi connectivity index (χ0v) is 22.6. The smallest absolute Gasteiger partial charge is 0.325 e. The molecule has 5 rings (SSSR count). The molecule has 9 heteroatoms. The van der Waals surface area contributed by atoms with Crippen LogP contribution in [0.3, 0.4) is 0 Å². The van der Waals surface area contributed by atoms with Gasteiger partial charge in [0.05, 0.1) is 11.7 Å². The molecule has 1 aliphatic rings. The second-order valence-electron chi connectivity index (χ2n) is 9.74. The first-order chi connectivity index (χ1) is 19.4. The topological polar surface area (TPSA) is 83.1 Å². The summed E-state index contributed by atoms with van der Waals surface area (Å²) in [5.74, 6) is -1.56. The van der Waals surface area contributed by atoms with Crippen LogP contribution in [0, 0.1) is 18.6 Å². The molecule has 0 saturated heterocycles. The van der Waals surface area contributed by atoms with Crippen molar-refractivity contribution >= 4 is 23.9 Å². The van der Waals surface area contributed by atoms with E-state index < -0.39 is 23.7 Å². The van der Waals surface area contributed by atoms with E-state index in [1.807, 2.05) is 43.3 Å². The van der Waals surface area contributed by atoms with Crippen molar-refractivity contribution in [1.82, 2.24) is 20.3 Å². The summed E-state index contributed by atoms with van der Waals surface area (Å²) in [5, 5.41) is 5.93. The number of hydrogen-bond acceptors (Lipinski definition) is 4. The molecule has 1 aromatic heterocycles. The Morgan fingerprint density at radius 3 is 2.50 bits per heavy atom. The van der Waals surface area contributed by atoms with Crippen molar-refractivity contribution in [1.29, 1.82) is 0 Å². The highest BCUT2D eigenvalue weighted by Gasteiger charge is 2.25. The summed E-state index contributed by atoms with van der Waals surface area (Å²) in [6.45, 7) is 1.95. The summed E-state index contributed by atoms with van der Waals surface area (Å²) in [6.07, 6.45) is 3.65. The number of urea groups is 1. The molecule has 0 aliphatic heterocycles. The molecule has 1 fully saturated rings. The number of nitrogens with one attached hydrogen (secondary N) is 3. The van der Waals surface area contributed by atoms with Crippen LogP contribution in [0.5, 0.6) is 0 Å². The maximum atomic E-state index is 14.1. The lowest BCUT2D eigenvalue weighted by Gasteiger charge is -2.22. The first-order valence-corrected chi connectivity index (χ1v) is 13.8. The first-order valence-electron chi connectivity index (χ1n) is 13.0. The first kappa shape index (κ1) is 27.3. The molecule has 3 amide bonds. The van der Waals surface area contributed by atoms with Gasteiger partial charge in [-0.2, -0.15) is 0 Å². The summed E-state index contributed by atoms with van der Waals surface area (Å²) in [7, 11) is 0. The second-order valence-corrected chi connectivity index (χ2v) is 10.6. The molecule has 1 aliphatic carbocycles. The molecular weight excluding hydrogens is 530 g/mol. The summed E-state index contributed by atoms with van der Waals surface area (Å²) in [5.41, 5.74) is 3.82. The Hall–Kier alpha value is -4.24. The number of carbonyl (C=O) groups is 2. The summed E-state index contributed by atoms with van der Waals surface area (Å²) in [4.78, 5) is 31.2. The van der Waals surface area contributed by atoms with Gasteiger partial charge in [-0.3, -0.25) is 14.5 Å². The molecule has 1 unspecified atom stereocenters.